The van der Waals surface area contributed by atoms with E-state index in [2.05, 4.69) is 184 Å². The summed E-state index contributed by atoms with van der Waals surface area (Å²) in [5.74, 6) is 0. The summed E-state index contributed by atoms with van der Waals surface area (Å²) in [6, 6.07) is 43.3. The molecule has 7 aromatic rings. The first-order valence-corrected chi connectivity index (χ1v) is 23.4. The summed E-state index contributed by atoms with van der Waals surface area (Å²) in [6.07, 6.45) is 17.5. The van der Waals surface area contributed by atoms with Crippen LogP contribution in [-0.2, 0) is 17.9 Å². The number of thiophene rings is 2. The Morgan fingerprint density at radius 1 is 0.630 bits per heavy atom. The van der Waals surface area contributed by atoms with Gasteiger partial charge in [-0.3, -0.25) is 0 Å². The molecule has 0 saturated heterocycles. The summed E-state index contributed by atoms with van der Waals surface area (Å²) in [7, 11) is -2.37. The van der Waals surface area contributed by atoms with Gasteiger partial charge in [-0.1, -0.05) is 6.08 Å². The minimum absolute atomic E-state index is 1.10. The van der Waals surface area contributed by atoms with Gasteiger partial charge in [-0.05, 0) is 13.8 Å². The second-order valence-corrected chi connectivity index (χ2v) is 20.1. The zero-order valence-corrected chi connectivity index (χ0v) is 36.2. The van der Waals surface area contributed by atoms with Crippen LogP contribution < -0.4 is 15.9 Å². The summed E-state index contributed by atoms with van der Waals surface area (Å²) in [4.78, 5) is 2.58. The Morgan fingerprint density at radius 3 is 1.57 bits per heavy atom. The molecule has 0 unspecified atom stereocenters. The van der Waals surface area contributed by atoms with Gasteiger partial charge in [0, 0.05) is 0 Å². The number of rotatable bonds is 8. The quantitative estimate of drug-likeness (QED) is 0.105. The van der Waals surface area contributed by atoms with Gasteiger partial charge < -0.3 is 0 Å². The first-order chi connectivity index (χ1) is 26.5. The third-order valence-electron chi connectivity index (χ3n) is 10.8. The SMILES string of the molecule is CC=C1CCCC1=CC(/C=C/c1cc2c3cc(C)c(C)cc3c3cc(/C=C/C)sc3c2s1)=C([C]#[Os])[P+](c1ccccc1)(c1ccccc1)c1ccccc1. The van der Waals surface area contributed by atoms with Crippen LogP contribution in [0.3, 0.4) is 0 Å². The molecule has 0 radical (unpaired) electrons. The van der Waals surface area contributed by atoms with E-state index in [1.807, 2.05) is 40.6 Å². The van der Waals surface area contributed by atoms with Gasteiger partial charge >= 0.3 is 321 Å². The fourth-order valence-electron chi connectivity index (χ4n) is 8.08. The molecule has 5 aromatic carbocycles. The van der Waals surface area contributed by atoms with Crippen molar-refractivity contribution in [2.75, 3.05) is 0 Å². The molecule has 0 N–H and O–H groups in total. The number of aryl methyl sites for hydroxylation is 2. The molecule has 1 fully saturated rings. The van der Waals surface area contributed by atoms with E-state index in [1.165, 1.54) is 96.2 Å². The molecule has 1 saturated carbocycles. The summed E-state index contributed by atoms with van der Waals surface area (Å²) < 4.78 is 6.69. The van der Waals surface area contributed by atoms with Gasteiger partial charge in [-0.15, -0.1) is 0 Å². The monoisotopic (exact) mass is 930 g/mol. The molecule has 0 amide bonds. The van der Waals surface area contributed by atoms with E-state index < -0.39 is 7.26 Å². The van der Waals surface area contributed by atoms with Crippen LogP contribution in [0.25, 0.3) is 43.1 Å². The Bertz CT molecular complexity index is 2620. The van der Waals surface area contributed by atoms with Crippen molar-refractivity contribution < 1.29 is 17.9 Å². The fraction of sp³-hybridized carbons (Fsp3) is 0.140. The molecule has 1 aliphatic carbocycles. The molecule has 0 aliphatic heterocycles. The maximum absolute atomic E-state index is 3.92. The molecule has 0 bridgehead atoms. The number of hydrogen-bond acceptors (Lipinski definition) is 2. The summed E-state index contributed by atoms with van der Waals surface area (Å²) in [5.41, 5.74) is 6.85. The standard InChI is InChI=1S/C50H43PS2.Os/c1-6-18-43-32-47-45-29-34(3)35(4)30-46(45)48-33-44(53-50(48)49(47)52-43)28-27-38(31-39-20-17-19-37(39)7-2)36(5)51(40-21-11-8-12-22-40,41-23-13-9-14-24-41)42-25-15-10-16-26-42;/h6-16,18,21-33H,17,19-20H2,1-4H3;/q+1;/b18-6+,28-27+,37-7?,38-36?,39-31?;. The average molecular weight is 929 g/mol. The molecule has 8 rings (SSSR count). The fourth-order valence-corrected chi connectivity index (χ4v) is 16.3. The maximum atomic E-state index is 3.92. The Morgan fingerprint density at radius 2 is 1.11 bits per heavy atom. The van der Waals surface area contributed by atoms with Gasteiger partial charge in [0.2, 0.25) is 0 Å². The zero-order valence-electron chi connectivity index (χ0n) is 31.2. The molecular weight excluding hydrogens is 886 g/mol. The molecule has 2 aromatic heterocycles. The number of hydrogen-bond donors (Lipinski definition) is 0. The Balaban J connectivity index is 1.43. The van der Waals surface area contributed by atoms with Gasteiger partial charge in [0.05, 0.1) is 0 Å². The Labute approximate surface area is 338 Å². The second-order valence-electron chi connectivity index (χ2n) is 14.0. The average Bonchev–Trinajstić information content (AvgIpc) is 3.96. The van der Waals surface area contributed by atoms with Gasteiger partial charge in [0.1, 0.15) is 0 Å². The van der Waals surface area contributed by atoms with Crippen LogP contribution in [0.1, 0.15) is 54.0 Å². The van der Waals surface area contributed by atoms with E-state index in [0.717, 1.165) is 12.8 Å². The molecule has 267 valence electrons. The van der Waals surface area contributed by atoms with E-state index in [0.29, 0.717) is 0 Å². The van der Waals surface area contributed by atoms with Crippen molar-refractivity contribution in [3.05, 3.63) is 182 Å². The van der Waals surface area contributed by atoms with Crippen LogP contribution >= 0.6 is 29.9 Å². The molecule has 1 aliphatic rings. The van der Waals surface area contributed by atoms with Crippen molar-refractivity contribution in [1.82, 2.24) is 0 Å². The van der Waals surface area contributed by atoms with E-state index in [9.17, 15) is 0 Å². The third-order valence-corrected chi connectivity index (χ3v) is 18.5. The first-order valence-electron chi connectivity index (χ1n) is 18.7. The minimum atomic E-state index is -2.37. The van der Waals surface area contributed by atoms with Crippen molar-refractivity contribution in [1.29, 1.82) is 0 Å². The van der Waals surface area contributed by atoms with Gasteiger partial charge in [0.25, 0.3) is 0 Å². The van der Waals surface area contributed by atoms with Crippen LogP contribution in [0, 0.1) is 18.2 Å². The van der Waals surface area contributed by atoms with Crippen LogP contribution in [0.4, 0.5) is 0 Å². The van der Waals surface area contributed by atoms with E-state index >= 15 is 0 Å². The number of allylic oxidation sites excluding steroid dienone is 8. The topological polar surface area (TPSA) is 0 Å². The Kier molecular flexibility index (Phi) is 10.8. The molecule has 2 heterocycles. The molecule has 4 heteroatoms. The first kappa shape index (κ1) is 36.8. The molecule has 54 heavy (non-hydrogen) atoms. The van der Waals surface area contributed by atoms with Crippen LogP contribution in [0.15, 0.2) is 162 Å². The van der Waals surface area contributed by atoms with Crippen molar-refractivity contribution in [2.45, 2.75) is 47.0 Å². The van der Waals surface area contributed by atoms with E-state index in [1.54, 1.807) is 0 Å². The van der Waals surface area contributed by atoms with Gasteiger partial charge in [0.15, 0.2) is 0 Å². The van der Waals surface area contributed by atoms with Crippen molar-refractivity contribution >= 4 is 88.9 Å². The summed E-state index contributed by atoms with van der Waals surface area (Å²) >= 11 is 5.70. The summed E-state index contributed by atoms with van der Waals surface area (Å²) in [5, 5.41) is 10.7. The van der Waals surface area contributed by atoms with Crippen LogP contribution in [0.2, 0.25) is 0 Å². The molecule has 0 atom stereocenters. The van der Waals surface area contributed by atoms with Crippen LogP contribution in [-0.4, -0.2) is 0 Å². The molecule has 0 nitrogen and oxygen atoms in total. The summed E-state index contributed by atoms with van der Waals surface area (Å²) in [6.45, 7) is 8.78. The molecule has 0 spiro atoms. The van der Waals surface area contributed by atoms with E-state index in [4.69, 9.17) is 0 Å². The molecular formula is C50H43OsPS2+. The van der Waals surface area contributed by atoms with Gasteiger partial charge in [-0.2, -0.15) is 0 Å². The van der Waals surface area contributed by atoms with Crippen molar-refractivity contribution in [2.24, 2.45) is 0 Å². The van der Waals surface area contributed by atoms with Crippen LogP contribution in [0.5, 0.6) is 0 Å². The van der Waals surface area contributed by atoms with Crippen molar-refractivity contribution in [3.63, 3.8) is 0 Å². The van der Waals surface area contributed by atoms with E-state index in [-0.39, 0.29) is 0 Å². The number of benzene rings is 5. The third kappa shape index (κ3) is 6.62. The normalized spacial score (nSPS) is 15.8. The second kappa shape index (κ2) is 15.9. The predicted molar refractivity (Wildman–Crippen MR) is 240 cm³/mol. The van der Waals surface area contributed by atoms with Gasteiger partial charge in [-0.25, -0.2) is 0 Å². The zero-order chi connectivity index (χ0) is 37.2. The number of fused-ring (bicyclic) bond motifs is 6. The van der Waals surface area contributed by atoms with Crippen molar-refractivity contribution in [3.8, 4) is 4.37 Å². The Hall–Kier alpha value is -4.17. The predicted octanol–water partition coefficient (Wildman–Crippen LogP) is 13.7.